The molecule has 1 aromatic rings. The standard InChI is InChI=1S/C19H29NS/c1-3-4-5-9-14-21-18-15-20(2)17-12-13-19(17,18)16-10-7-6-8-11-16/h6-8,10-11,17-18H,3-5,9,12-15H2,1-2H3. The third-order valence-electron chi connectivity index (χ3n) is 5.61. The van der Waals surface area contributed by atoms with Crippen LogP contribution in [0.4, 0.5) is 0 Å². The molecule has 2 fully saturated rings. The van der Waals surface area contributed by atoms with Gasteiger partial charge in [-0.15, -0.1) is 0 Å². The number of rotatable bonds is 7. The molecule has 0 radical (unpaired) electrons. The van der Waals surface area contributed by atoms with Crippen molar-refractivity contribution in [2.75, 3.05) is 19.3 Å². The molecule has 1 aromatic carbocycles. The highest BCUT2D eigenvalue weighted by Gasteiger charge is 2.59. The van der Waals surface area contributed by atoms with Crippen LogP contribution in [-0.2, 0) is 5.41 Å². The van der Waals surface area contributed by atoms with E-state index in [1.165, 1.54) is 50.8 Å². The summed E-state index contributed by atoms with van der Waals surface area (Å²) in [6, 6.07) is 12.1. The van der Waals surface area contributed by atoms with Gasteiger partial charge < -0.3 is 4.90 Å². The summed E-state index contributed by atoms with van der Waals surface area (Å²) in [5.41, 5.74) is 2.04. The molecule has 1 saturated heterocycles. The lowest BCUT2D eigenvalue weighted by Gasteiger charge is -2.49. The zero-order chi connectivity index (χ0) is 14.7. The van der Waals surface area contributed by atoms with E-state index in [0.717, 1.165) is 11.3 Å². The number of unbranched alkanes of at least 4 members (excludes halogenated alkanes) is 3. The van der Waals surface area contributed by atoms with Gasteiger partial charge in [-0.3, -0.25) is 0 Å². The Bertz CT molecular complexity index is 446. The number of nitrogens with zero attached hydrogens (tertiary/aromatic N) is 1. The smallest absolute Gasteiger partial charge is 0.0286 e. The van der Waals surface area contributed by atoms with Crippen molar-refractivity contribution in [2.45, 2.75) is 62.2 Å². The zero-order valence-corrected chi connectivity index (χ0v) is 14.4. The predicted octanol–water partition coefficient (Wildman–Crippen LogP) is 4.71. The first kappa shape index (κ1) is 15.4. The van der Waals surface area contributed by atoms with Crippen molar-refractivity contribution < 1.29 is 0 Å². The second-order valence-corrected chi connectivity index (χ2v) is 8.13. The van der Waals surface area contributed by atoms with Crippen LogP contribution < -0.4 is 0 Å². The van der Waals surface area contributed by atoms with Crippen molar-refractivity contribution in [1.29, 1.82) is 0 Å². The van der Waals surface area contributed by atoms with Gasteiger partial charge in [-0.25, -0.2) is 0 Å². The summed E-state index contributed by atoms with van der Waals surface area (Å²) in [5, 5.41) is 0.797. The highest BCUT2D eigenvalue weighted by molar-refractivity contribution is 8.00. The Morgan fingerprint density at radius 2 is 2.00 bits per heavy atom. The summed E-state index contributed by atoms with van der Waals surface area (Å²) in [7, 11) is 2.33. The third kappa shape index (κ3) is 2.77. The summed E-state index contributed by atoms with van der Waals surface area (Å²) in [4.78, 5) is 2.63. The molecule has 0 aromatic heterocycles. The third-order valence-corrected chi connectivity index (χ3v) is 7.11. The van der Waals surface area contributed by atoms with Gasteiger partial charge >= 0.3 is 0 Å². The number of benzene rings is 1. The normalized spacial score (nSPS) is 31.9. The zero-order valence-electron chi connectivity index (χ0n) is 13.6. The molecule has 0 spiro atoms. The minimum Gasteiger partial charge on any atom is -0.301 e. The summed E-state index contributed by atoms with van der Waals surface area (Å²) < 4.78 is 0. The molecular weight excluding hydrogens is 274 g/mol. The van der Waals surface area contributed by atoms with E-state index in [0.29, 0.717) is 5.41 Å². The monoisotopic (exact) mass is 303 g/mol. The molecule has 1 saturated carbocycles. The average molecular weight is 304 g/mol. The predicted molar refractivity (Wildman–Crippen MR) is 94.2 cm³/mol. The van der Waals surface area contributed by atoms with Crippen LogP contribution in [0, 0.1) is 0 Å². The van der Waals surface area contributed by atoms with Gasteiger partial charge in [-0.2, -0.15) is 11.8 Å². The maximum atomic E-state index is 2.63. The van der Waals surface area contributed by atoms with E-state index < -0.39 is 0 Å². The quantitative estimate of drug-likeness (QED) is 0.671. The Kier molecular flexibility index (Phi) is 4.96. The molecule has 116 valence electrons. The fourth-order valence-corrected chi connectivity index (χ4v) is 6.06. The first-order valence-electron chi connectivity index (χ1n) is 8.66. The number of likely N-dealkylation sites (tertiary alicyclic amines) is 1. The molecule has 2 heteroatoms. The van der Waals surface area contributed by atoms with Gasteiger partial charge in [0, 0.05) is 23.3 Å². The van der Waals surface area contributed by atoms with Gasteiger partial charge in [0.1, 0.15) is 0 Å². The first-order valence-corrected chi connectivity index (χ1v) is 9.71. The van der Waals surface area contributed by atoms with Crippen LogP contribution in [0.3, 0.4) is 0 Å². The van der Waals surface area contributed by atoms with Crippen molar-refractivity contribution >= 4 is 11.8 Å². The first-order chi connectivity index (χ1) is 10.3. The minimum atomic E-state index is 0.450. The second kappa shape index (κ2) is 6.75. The Balaban J connectivity index is 1.68. The molecule has 0 amide bonds. The second-order valence-electron chi connectivity index (χ2n) is 6.82. The highest BCUT2D eigenvalue weighted by atomic mass is 32.2. The van der Waals surface area contributed by atoms with Crippen molar-refractivity contribution in [3.63, 3.8) is 0 Å². The van der Waals surface area contributed by atoms with E-state index in [1.807, 2.05) is 0 Å². The lowest BCUT2D eigenvalue weighted by molar-refractivity contribution is 0.132. The Morgan fingerprint density at radius 3 is 2.67 bits per heavy atom. The molecular formula is C19H29NS. The van der Waals surface area contributed by atoms with Crippen LogP contribution in [0.2, 0.25) is 0 Å². The molecule has 1 heterocycles. The maximum Gasteiger partial charge on any atom is 0.0286 e. The summed E-state index contributed by atoms with van der Waals surface area (Å²) in [6.07, 6.45) is 8.32. The van der Waals surface area contributed by atoms with E-state index in [4.69, 9.17) is 0 Å². The lowest BCUT2D eigenvalue weighted by atomic mass is 9.60. The SMILES string of the molecule is CCCCCCSC1CN(C)C2CCC12c1ccccc1. The van der Waals surface area contributed by atoms with E-state index in [1.54, 1.807) is 5.56 Å². The molecule has 1 aliphatic heterocycles. The fraction of sp³-hybridized carbons (Fsp3) is 0.684. The molecule has 1 aliphatic carbocycles. The van der Waals surface area contributed by atoms with Gasteiger partial charge in [-0.05, 0) is 37.6 Å². The van der Waals surface area contributed by atoms with E-state index in [2.05, 4.69) is 61.0 Å². The number of likely N-dealkylation sites (N-methyl/N-ethyl adjacent to an activating group) is 1. The van der Waals surface area contributed by atoms with E-state index >= 15 is 0 Å². The van der Waals surface area contributed by atoms with Crippen LogP contribution >= 0.6 is 11.8 Å². The van der Waals surface area contributed by atoms with Crippen molar-refractivity contribution in [3.8, 4) is 0 Å². The van der Waals surface area contributed by atoms with E-state index in [9.17, 15) is 0 Å². The van der Waals surface area contributed by atoms with Crippen LogP contribution in [0.25, 0.3) is 0 Å². The minimum absolute atomic E-state index is 0.450. The van der Waals surface area contributed by atoms with Crippen LogP contribution in [-0.4, -0.2) is 35.5 Å². The molecule has 3 rings (SSSR count). The number of fused-ring (bicyclic) bond motifs is 1. The highest BCUT2D eigenvalue weighted by Crippen LogP contribution is 2.56. The summed E-state index contributed by atoms with van der Waals surface area (Å²) in [5.74, 6) is 1.35. The molecule has 21 heavy (non-hydrogen) atoms. The maximum absolute atomic E-state index is 2.63. The number of thioether (sulfide) groups is 1. The van der Waals surface area contributed by atoms with Gasteiger partial charge in [0.2, 0.25) is 0 Å². The largest absolute Gasteiger partial charge is 0.301 e. The molecule has 0 N–H and O–H groups in total. The molecule has 2 aliphatic rings. The molecule has 3 atom stereocenters. The van der Waals surface area contributed by atoms with Gasteiger partial charge in [0.05, 0.1) is 0 Å². The Labute approximate surface area is 134 Å². The van der Waals surface area contributed by atoms with E-state index in [-0.39, 0.29) is 0 Å². The topological polar surface area (TPSA) is 3.24 Å². The Hall–Kier alpha value is -0.470. The van der Waals surface area contributed by atoms with Crippen molar-refractivity contribution in [2.24, 2.45) is 0 Å². The van der Waals surface area contributed by atoms with Crippen LogP contribution in [0.5, 0.6) is 0 Å². The summed E-state index contributed by atoms with van der Waals surface area (Å²) in [6.45, 7) is 3.57. The van der Waals surface area contributed by atoms with Gasteiger partial charge in [-0.1, -0.05) is 56.5 Å². The van der Waals surface area contributed by atoms with Crippen molar-refractivity contribution in [1.82, 2.24) is 4.90 Å². The molecule has 0 bridgehead atoms. The van der Waals surface area contributed by atoms with Crippen LogP contribution in [0.1, 0.15) is 51.0 Å². The Morgan fingerprint density at radius 1 is 1.19 bits per heavy atom. The summed E-state index contributed by atoms with van der Waals surface area (Å²) >= 11 is 2.25. The number of hydrogen-bond donors (Lipinski definition) is 0. The average Bonchev–Trinajstić information content (AvgIpc) is 2.65. The molecule has 1 nitrogen and oxygen atoms in total. The fourth-order valence-electron chi connectivity index (χ4n) is 4.35. The van der Waals surface area contributed by atoms with Gasteiger partial charge in [0.15, 0.2) is 0 Å². The van der Waals surface area contributed by atoms with Gasteiger partial charge in [0.25, 0.3) is 0 Å². The lowest BCUT2D eigenvalue weighted by Crippen LogP contribution is -2.53. The molecule has 3 unspecified atom stereocenters. The number of hydrogen-bond acceptors (Lipinski definition) is 2. The van der Waals surface area contributed by atoms with Crippen molar-refractivity contribution in [3.05, 3.63) is 35.9 Å². The van der Waals surface area contributed by atoms with Crippen LogP contribution in [0.15, 0.2) is 30.3 Å².